The third-order valence-corrected chi connectivity index (χ3v) is 5.28. The minimum atomic E-state index is 0. The van der Waals surface area contributed by atoms with E-state index in [0.29, 0.717) is 18.2 Å². The summed E-state index contributed by atoms with van der Waals surface area (Å²) in [7, 11) is 1.94. The van der Waals surface area contributed by atoms with E-state index >= 15 is 0 Å². The van der Waals surface area contributed by atoms with Crippen LogP contribution in [0.25, 0.3) is 11.0 Å². The summed E-state index contributed by atoms with van der Waals surface area (Å²) in [4.78, 5) is 19.7. The average Bonchev–Trinajstić information content (AvgIpc) is 2.86. The Morgan fingerprint density at radius 3 is 2.42 bits per heavy atom. The Morgan fingerprint density at radius 2 is 1.83 bits per heavy atom. The summed E-state index contributed by atoms with van der Waals surface area (Å²) >= 11 is 0. The van der Waals surface area contributed by atoms with E-state index in [4.69, 9.17) is 0 Å². The SMILES string of the molecule is Cl.Cl.Cl.Cn1c(C(=O)CC2CN3CCC2CC3)nc2ccccc21. The third-order valence-electron chi connectivity index (χ3n) is 5.28. The van der Waals surface area contributed by atoms with Gasteiger partial charge in [0.15, 0.2) is 11.6 Å². The van der Waals surface area contributed by atoms with Gasteiger partial charge >= 0.3 is 0 Å². The molecule has 134 valence electrons. The van der Waals surface area contributed by atoms with Gasteiger partial charge in [-0.15, -0.1) is 37.2 Å². The van der Waals surface area contributed by atoms with E-state index < -0.39 is 0 Å². The van der Waals surface area contributed by atoms with Crippen LogP contribution in [0.1, 0.15) is 29.9 Å². The second-order valence-electron chi connectivity index (χ2n) is 6.51. The number of carbonyl (C=O) groups is 1. The molecule has 1 aromatic heterocycles. The van der Waals surface area contributed by atoms with Crippen molar-refractivity contribution >= 4 is 54.0 Å². The fourth-order valence-electron chi connectivity index (χ4n) is 4.04. The van der Waals surface area contributed by atoms with Gasteiger partial charge in [0.1, 0.15) is 0 Å². The summed E-state index contributed by atoms with van der Waals surface area (Å²) in [5, 5.41) is 0. The summed E-state index contributed by atoms with van der Waals surface area (Å²) in [5.74, 6) is 2.09. The molecule has 0 amide bonds. The molecule has 0 saturated carbocycles. The van der Waals surface area contributed by atoms with Crippen LogP contribution in [0.15, 0.2) is 24.3 Å². The number of aryl methyl sites for hydroxylation is 1. The minimum absolute atomic E-state index is 0. The molecular formula is C17H24Cl3N3O. The first-order valence-electron chi connectivity index (χ1n) is 7.89. The van der Waals surface area contributed by atoms with Gasteiger partial charge in [0.25, 0.3) is 0 Å². The molecule has 1 unspecified atom stereocenters. The zero-order valence-corrected chi connectivity index (χ0v) is 16.1. The summed E-state index contributed by atoms with van der Waals surface area (Å²) in [6.45, 7) is 3.55. The van der Waals surface area contributed by atoms with Gasteiger partial charge in [-0.1, -0.05) is 12.1 Å². The average molecular weight is 393 g/mol. The number of hydrogen-bond donors (Lipinski definition) is 0. The van der Waals surface area contributed by atoms with E-state index in [2.05, 4.69) is 9.88 Å². The Bertz CT molecular complexity index is 695. The van der Waals surface area contributed by atoms with E-state index in [9.17, 15) is 4.79 Å². The summed E-state index contributed by atoms with van der Waals surface area (Å²) in [5.41, 5.74) is 1.95. The number of imidazole rings is 1. The zero-order valence-electron chi connectivity index (χ0n) is 13.7. The fourth-order valence-corrected chi connectivity index (χ4v) is 4.04. The fraction of sp³-hybridized carbons (Fsp3) is 0.529. The number of hydrogen-bond acceptors (Lipinski definition) is 3. The van der Waals surface area contributed by atoms with E-state index in [-0.39, 0.29) is 43.0 Å². The van der Waals surface area contributed by atoms with E-state index in [1.165, 1.54) is 25.9 Å². The molecule has 4 nitrogen and oxygen atoms in total. The molecule has 1 aromatic carbocycles. The number of nitrogens with zero attached hydrogens (tertiary/aromatic N) is 3. The van der Waals surface area contributed by atoms with Crippen LogP contribution in [0.4, 0.5) is 0 Å². The Kier molecular flexibility index (Phi) is 7.54. The standard InChI is InChI=1S/C17H21N3O.3ClH/c1-19-15-5-3-2-4-14(15)18-17(19)16(21)10-13-11-20-8-6-12(13)7-9-20;;;/h2-5,12-13H,6-11H2,1H3;3*1H. The molecular weight excluding hydrogens is 369 g/mol. The number of halogens is 3. The zero-order chi connectivity index (χ0) is 14.4. The topological polar surface area (TPSA) is 38.1 Å². The van der Waals surface area contributed by atoms with Crippen molar-refractivity contribution in [1.29, 1.82) is 0 Å². The first-order chi connectivity index (χ1) is 10.2. The maximum atomic E-state index is 12.7. The Balaban J connectivity index is 0.000000960. The highest BCUT2D eigenvalue weighted by Gasteiger charge is 2.35. The number of carbonyl (C=O) groups excluding carboxylic acids is 1. The molecule has 3 aliphatic rings. The number of Topliss-reactive ketones (excluding diaryl/α,β-unsaturated/α-hetero) is 1. The maximum Gasteiger partial charge on any atom is 0.198 e. The largest absolute Gasteiger partial charge is 0.325 e. The van der Waals surface area contributed by atoms with Crippen LogP contribution < -0.4 is 0 Å². The molecule has 0 spiro atoms. The van der Waals surface area contributed by atoms with Crippen molar-refractivity contribution in [3.63, 3.8) is 0 Å². The minimum Gasteiger partial charge on any atom is -0.325 e. The molecule has 0 radical (unpaired) electrons. The van der Waals surface area contributed by atoms with Crippen molar-refractivity contribution in [3.8, 4) is 0 Å². The monoisotopic (exact) mass is 391 g/mol. The molecule has 2 aromatic rings. The maximum absolute atomic E-state index is 12.7. The first kappa shape index (κ1) is 21.2. The normalized spacial score (nSPS) is 24.6. The molecule has 0 N–H and O–H groups in total. The predicted octanol–water partition coefficient (Wildman–Crippen LogP) is 3.75. The molecule has 7 heteroatoms. The van der Waals surface area contributed by atoms with Crippen molar-refractivity contribution < 1.29 is 4.79 Å². The van der Waals surface area contributed by atoms with Gasteiger partial charge in [-0.3, -0.25) is 4.79 Å². The van der Waals surface area contributed by atoms with Gasteiger partial charge in [-0.25, -0.2) is 4.98 Å². The number of piperidine rings is 3. The molecule has 5 rings (SSSR count). The van der Waals surface area contributed by atoms with Gasteiger partial charge in [0.05, 0.1) is 11.0 Å². The van der Waals surface area contributed by atoms with Crippen LogP contribution in [-0.4, -0.2) is 39.9 Å². The van der Waals surface area contributed by atoms with Crippen molar-refractivity contribution in [1.82, 2.24) is 14.5 Å². The van der Waals surface area contributed by atoms with Crippen LogP contribution in [0, 0.1) is 11.8 Å². The lowest BCUT2D eigenvalue weighted by molar-refractivity contribution is 0.0437. The van der Waals surface area contributed by atoms with E-state index in [1.807, 2.05) is 35.9 Å². The summed E-state index contributed by atoms with van der Waals surface area (Å²) in [6, 6.07) is 7.95. The Morgan fingerprint density at radius 1 is 1.17 bits per heavy atom. The van der Waals surface area contributed by atoms with Crippen molar-refractivity contribution in [2.75, 3.05) is 19.6 Å². The van der Waals surface area contributed by atoms with Crippen molar-refractivity contribution in [2.24, 2.45) is 18.9 Å². The number of benzene rings is 1. The first-order valence-corrected chi connectivity index (χ1v) is 7.89. The molecule has 4 heterocycles. The van der Waals surface area contributed by atoms with Crippen LogP contribution >= 0.6 is 37.2 Å². The Labute approximate surface area is 161 Å². The highest BCUT2D eigenvalue weighted by atomic mass is 35.5. The van der Waals surface area contributed by atoms with Crippen LogP contribution in [0.2, 0.25) is 0 Å². The molecule has 3 saturated heterocycles. The lowest BCUT2D eigenvalue weighted by atomic mass is 9.77. The number of fused-ring (bicyclic) bond motifs is 4. The van der Waals surface area contributed by atoms with Gasteiger partial charge in [-0.05, 0) is 49.9 Å². The lowest BCUT2D eigenvalue weighted by Crippen LogP contribution is -2.48. The van der Waals surface area contributed by atoms with Crippen LogP contribution in [0.5, 0.6) is 0 Å². The molecule has 2 bridgehead atoms. The second kappa shape index (κ2) is 8.52. The Hall–Kier alpha value is -0.810. The van der Waals surface area contributed by atoms with Crippen LogP contribution in [0.3, 0.4) is 0 Å². The number of para-hydroxylation sites is 2. The van der Waals surface area contributed by atoms with Gasteiger partial charge in [0.2, 0.25) is 0 Å². The molecule has 1 atom stereocenters. The third kappa shape index (κ3) is 3.72. The highest BCUT2D eigenvalue weighted by Crippen LogP contribution is 2.34. The predicted molar refractivity (Wildman–Crippen MR) is 104 cm³/mol. The van der Waals surface area contributed by atoms with Crippen molar-refractivity contribution in [3.05, 3.63) is 30.1 Å². The lowest BCUT2D eigenvalue weighted by Gasteiger charge is -2.44. The quantitative estimate of drug-likeness (QED) is 0.747. The van der Waals surface area contributed by atoms with Crippen LogP contribution in [-0.2, 0) is 7.05 Å². The van der Waals surface area contributed by atoms with E-state index in [0.717, 1.165) is 23.5 Å². The number of ketones is 1. The smallest absolute Gasteiger partial charge is 0.198 e. The van der Waals surface area contributed by atoms with Gasteiger partial charge < -0.3 is 9.47 Å². The molecule has 3 fully saturated rings. The van der Waals surface area contributed by atoms with Gasteiger partial charge in [-0.2, -0.15) is 0 Å². The van der Waals surface area contributed by atoms with Gasteiger partial charge in [0, 0.05) is 20.0 Å². The second-order valence-corrected chi connectivity index (χ2v) is 6.51. The molecule has 0 aliphatic carbocycles. The molecule has 24 heavy (non-hydrogen) atoms. The van der Waals surface area contributed by atoms with Crippen molar-refractivity contribution in [2.45, 2.75) is 19.3 Å². The number of rotatable bonds is 3. The molecule has 3 aliphatic heterocycles. The highest BCUT2D eigenvalue weighted by molar-refractivity contribution is 5.96. The number of aromatic nitrogens is 2. The summed E-state index contributed by atoms with van der Waals surface area (Å²) < 4.78 is 1.94. The summed E-state index contributed by atoms with van der Waals surface area (Å²) in [6.07, 6.45) is 3.18. The van der Waals surface area contributed by atoms with E-state index in [1.54, 1.807) is 0 Å².